The molecule has 0 saturated carbocycles. The summed E-state index contributed by atoms with van der Waals surface area (Å²) in [5, 5.41) is 5.18. The van der Waals surface area contributed by atoms with Crippen LogP contribution in [0.3, 0.4) is 0 Å². The molecule has 30 heavy (non-hydrogen) atoms. The molecule has 4 nitrogen and oxygen atoms in total. The molecule has 0 bridgehead atoms. The average molecular weight is 478 g/mol. The monoisotopic (exact) mass is 477 g/mol. The van der Waals surface area contributed by atoms with Crippen molar-refractivity contribution in [2.24, 2.45) is 0 Å². The first-order valence-corrected chi connectivity index (χ1v) is 11.4. The molecule has 1 aliphatic rings. The van der Waals surface area contributed by atoms with Gasteiger partial charge in [0.2, 0.25) is 0 Å². The molecule has 0 unspecified atom stereocenters. The number of hydrogen-bond donors (Lipinski definition) is 1. The molecule has 0 spiro atoms. The number of nitrogens with one attached hydrogen (secondary N) is 1. The number of rotatable bonds is 2. The van der Waals surface area contributed by atoms with Crippen LogP contribution in [0.15, 0.2) is 82.8 Å². The minimum atomic E-state index is -0.163. The van der Waals surface area contributed by atoms with E-state index in [4.69, 9.17) is 0 Å². The zero-order valence-electron chi connectivity index (χ0n) is 16.4. The highest BCUT2D eigenvalue weighted by molar-refractivity contribution is 9.10. The van der Waals surface area contributed by atoms with E-state index in [0.29, 0.717) is 6.54 Å². The number of urea groups is 1. The Labute approximate surface area is 187 Å². The van der Waals surface area contributed by atoms with Crippen molar-refractivity contribution in [3.63, 3.8) is 0 Å². The molecule has 1 N–H and O–H groups in total. The second-order valence-corrected chi connectivity index (χ2v) is 9.21. The SMILES string of the molecule is Cc1cc(NC(=O)N2Cc3ccccc3-n3cccc3[C@@H]2c2cccs2)ccc1Br. The largest absolute Gasteiger partial charge is 0.323 e. The fraction of sp³-hybridized carbons (Fsp3) is 0.125. The maximum absolute atomic E-state index is 13.6. The third-order valence-electron chi connectivity index (χ3n) is 5.45. The summed E-state index contributed by atoms with van der Waals surface area (Å²) in [7, 11) is 0. The van der Waals surface area contributed by atoms with E-state index >= 15 is 0 Å². The topological polar surface area (TPSA) is 37.3 Å². The Bertz CT molecular complexity index is 1210. The van der Waals surface area contributed by atoms with Crippen LogP contribution >= 0.6 is 27.3 Å². The number of hydrogen-bond acceptors (Lipinski definition) is 2. The normalized spacial score (nSPS) is 15.3. The van der Waals surface area contributed by atoms with Gasteiger partial charge in [-0.05, 0) is 65.9 Å². The fourth-order valence-corrected chi connectivity index (χ4v) is 5.10. The van der Waals surface area contributed by atoms with Gasteiger partial charge in [-0.2, -0.15) is 0 Å². The lowest BCUT2D eigenvalue weighted by molar-refractivity contribution is 0.195. The lowest BCUT2D eigenvalue weighted by Crippen LogP contribution is -2.37. The predicted molar refractivity (Wildman–Crippen MR) is 125 cm³/mol. The molecule has 150 valence electrons. The van der Waals surface area contributed by atoms with Gasteiger partial charge in [0.25, 0.3) is 0 Å². The lowest BCUT2D eigenvalue weighted by atomic mass is 10.1. The number of para-hydroxylation sites is 1. The molecule has 6 heteroatoms. The average Bonchev–Trinajstić information content (AvgIpc) is 3.42. The van der Waals surface area contributed by atoms with E-state index in [2.05, 4.69) is 61.7 Å². The van der Waals surface area contributed by atoms with E-state index < -0.39 is 0 Å². The van der Waals surface area contributed by atoms with Crippen molar-refractivity contribution >= 4 is 39.0 Å². The van der Waals surface area contributed by atoms with E-state index in [-0.39, 0.29) is 12.1 Å². The smallest absolute Gasteiger partial charge is 0.318 e. The number of aryl methyl sites for hydroxylation is 1. The first kappa shape index (κ1) is 19.2. The Hall–Kier alpha value is -2.83. The molecule has 0 radical (unpaired) electrons. The molecule has 3 heterocycles. The van der Waals surface area contributed by atoms with Crippen molar-refractivity contribution in [1.29, 1.82) is 0 Å². The molecule has 0 saturated heterocycles. The summed E-state index contributed by atoms with van der Waals surface area (Å²) < 4.78 is 3.23. The Morgan fingerprint density at radius 2 is 1.97 bits per heavy atom. The summed E-state index contributed by atoms with van der Waals surface area (Å²) in [6.07, 6.45) is 2.08. The van der Waals surface area contributed by atoms with Gasteiger partial charge in [0.15, 0.2) is 0 Å². The zero-order valence-corrected chi connectivity index (χ0v) is 18.8. The summed E-state index contributed by atoms with van der Waals surface area (Å²) in [5.41, 5.74) is 5.20. The van der Waals surface area contributed by atoms with Gasteiger partial charge < -0.3 is 14.8 Å². The van der Waals surface area contributed by atoms with E-state index in [0.717, 1.165) is 37.5 Å². The number of fused-ring (bicyclic) bond motifs is 3. The summed E-state index contributed by atoms with van der Waals surface area (Å²) in [6, 6.07) is 22.2. The predicted octanol–water partition coefficient (Wildman–Crippen LogP) is 6.75. The Kier molecular flexibility index (Phi) is 4.97. The molecular formula is C24H20BrN3OS. The van der Waals surface area contributed by atoms with Crippen LogP contribution < -0.4 is 5.32 Å². The molecule has 4 aromatic rings. The van der Waals surface area contributed by atoms with Gasteiger partial charge in [-0.1, -0.05) is 40.2 Å². The summed E-state index contributed by atoms with van der Waals surface area (Å²) in [6.45, 7) is 2.55. The van der Waals surface area contributed by atoms with Crippen LogP contribution in [0.5, 0.6) is 0 Å². The van der Waals surface area contributed by atoms with Crippen LogP contribution in [0.2, 0.25) is 0 Å². The highest BCUT2D eigenvalue weighted by Gasteiger charge is 2.33. The third-order valence-corrected chi connectivity index (χ3v) is 7.26. The van der Waals surface area contributed by atoms with Crippen LogP contribution in [-0.4, -0.2) is 15.5 Å². The molecule has 5 rings (SSSR count). The van der Waals surface area contributed by atoms with E-state index in [1.807, 2.05) is 54.3 Å². The number of anilines is 1. The molecule has 2 amide bonds. The quantitative estimate of drug-likeness (QED) is 0.340. The fourth-order valence-electron chi connectivity index (χ4n) is 4.00. The number of carbonyl (C=O) groups excluding carboxylic acids is 1. The van der Waals surface area contributed by atoms with Crippen LogP contribution in [0, 0.1) is 6.92 Å². The molecule has 1 atom stereocenters. The van der Waals surface area contributed by atoms with Crippen LogP contribution in [0.1, 0.15) is 27.7 Å². The van der Waals surface area contributed by atoms with Crippen molar-refractivity contribution in [2.75, 3.05) is 5.32 Å². The number of halogens is 1. The standard InChI is InChI=1S/C24H20BrN3OS/c1-16-14-18(10-11-19(16)25)26-24(29)28-15-17-6-2-3-7-20(17)27-12-4-8-21(27)23(28)22-9-5-13-30-22/h2-14,23H,15H2,1H3,(H,26,29)/t23-/m1/s1. The van der Waals surface area contributed by atoms with Gasteiger partial charge in [-0.3, -0.25) is 0 Å². The third kappa shape index (κ3) is 3.36. The summed E-state index contributed by atoms with van der Waals surface area (Å²) >= 11 is 5.20. The lowest BCUT2D eigenvalue weighted by Gasteiger charge is -2.30. The summed E-state index contributed by atoms with van der Waals surface area (Å²) in [4.78, 5) is 16.6. The van der Waals surface area contributed by atoms with Crippen molar-refractivity contribution in [1.82, 2.24) is 9.47 Å². The highest BCUT2D eigenvalue weighted by Crippen LogP contribution is 2.38. The first-order chi connectivity index (χ1) is 14.6. The molecule has 2 aromatic heterocycles. The maximum Gasteiger partial charge on any atom is 0.323 e. The minimum Gasteiger partial charge on any atom is -0.318 e. The van der Waals surface area contributed by atoms with Gasteiger partial charge >= 0.3 is 6.03 Å². The summed E-state index contributed by atoms with van der Waals surface area (Å²) in [5.74, 6) is 0. The van der Waals surface area contributed by atoms with Gasteiger partial charge in [0, 0.05) is 21.2 Å². The van der Waals surface area contributed by atoms with Crippen molar-refractivity contribution in [3.8, 4) is 5.69 Å². The van der Waals surface area contributed by atoms with Crippen molar-refractivity contribution in [3.05, 3.63) is 104 Å². The second-order valence-electron chi connectivity index (χ2n) is 7.37. The zero-order chi connectivity index (χ0) is 20.7. The van der Waals surface area contributed by atoms with E-state index in [1.54, 1.807) is 11.3 Å². The van der Waals surface area contributed by atoms with Crippen molar-refractivity contribution < 1.29 is 4.79 Å². The highest BCUT2D eigenvalue weighted by atomic mass is 79.9. The number of amides is 2. The van der Waals surface area contributed by atoms with Crippen LogP contribution in [0.25, 0.3) is 5.69 Å². The first-order valence-electron chi connectivity index (χ1n) is 9.74. The molecule has 0 fully saturated rings. The molecule has 0 aliphatic carbocycles. The molecule has 2 aromatic carbocycles. The second kappa shape index (κ2) is 7.78. The molecular weight excluding hydrogens is 458 g/mol. The maximum atomic E-state index is 13.6. The Balaban J connectivity index is 1.60. The van der Waals surface area contributed by atoms with Crippen LogP contribution in [-0.2, 0) is 6.54 Å². The number of benzene rings is 2. The number of nitrogens with zero attached hydrogens (tertiary/aromatic N) is 2. The van der Waals surface area contributed by atoms with Gasteiger partial charge in [0.1, 0.15) is 6.04 Å². The number of thiophene rings is 1. The Morgan fingerprint density at radius 3 is 2.77 bits per heavy atom. The Morgan fingerprint density at radius 1 is 1.10 bits per heavy atom. The van der Waals surface area contributed by atoms with Gasteiger partial charge in [-0.15, -0.1) is 11.3 Å². The van der Waals surface area contributed by atoms with E-state index in [9.17, 15) is 4.79 Å². The number of aromatic nitrogens is 1. The van der Waals surface area contributed by atoms with Crippen molar-refractivity contribution in [2.45, 2.75) is 19.5 Å². The number of carbonyl (C=O) groups is 1. The molecule has 1 aliphatic heterocycles. The van der Waals surface area contributed by atoms with E-state index in [1.165, 1.54) is 0 Å². The van der Waals surface area contributed by atoms with Gasteiger partial charge in [-0.25, -0.2) is 4.79 Å². The van der Waals surface area contributed by atoms with Gasteiger partial charge in [0.05, 0.1) is 17.9 Å². The van der Waals surface area contributed by atoms with Crippen LogP contribution in [0.4, 0.5) is 10.5 Å². The minimum absolute atomic E-state index is 0.112.